The normalized spacial score (nSPS) is 47.2. The summed E-state index contributed by atoms with van der Waals surface area (Å²) in [6, 6.07) is 0. The van der Waals surface area contributed by atoms with E-state index in [1.807, 2.05) is 13.0 Å². The lowest BCUT2D eigenvalue weighted by Gasteiger charge is -2.59. The van der Waals surface area contributed by atoms with E-state index >= 15 is 0 Å². The summed E-state index contributed by atoms with van der Waals surface area (Å²) in [4.78, 5) is 12.8. The number of hydrogen-bond acceptors (Lipinski definition) is 2. The number of carbonyl (C=O) groups is 1. The Morgan fingerprint density at radius 2 is 1.95 bits per heavy atom. The van der Waals surface area contributed by atoms with Crippen molar-refractivity contribution in [2.75, 3.05) is 0 Å². The highest BCUT2D eigenvalue weighted by Gasteiger charge is 2.57. The lowest BCUT2D eigenvalue weighted by Crippen LogP contribution is -2.55. The Balaban J connectivity index is 2.08. The summed E-state index contributed by atoms with van der Waals surface area (Å²) in [5.41, 5.74) is 0.877. The third kappa shape index (κ3) is 2.06. The molecule has 0 aromatic rings. The van der Waals surface area contributed by atoms with Gasteiger partial charge in [0.05, 0.1) is 6.10 Å². The van der Waals surface area contributed by atoms with E-state index in [1.54, 1.807) is 6.08 Å². The molecule has 1 N–H and O–H groups in total. The van der Waals surface area contributed by atoms with Crippen LogP contribution in [0.25, 0.3) is 0 Å². The van der Waals surface area contributed by atoms with Crippen molar-refractivity contribution >= 4 is 5.78 Å². The molecule has 0 heterocycles. The average Bonchev–Trinajstić information content (AvgIpc) is 2.44. The summed E-state index contributed by atoms with van der Waals surface area (Å²) in [6.07, 6.45) is 8.38. The van der Waals surface area contributed by atoms with Crippen molar-refractivity contribution in [2.45, 2.75) is 65.9 Å². The van der Waals surface area contributed by atoms with Crippen LogP contribution in [0, 0.1) is 28.1 Å². The van der Waals surface area contributed by atoms with Crippen molar-refractivity contribution in [2.24, 2.45) is 28.1 Å². The second-order valence-corrected chi connectivity index (χ2v) is 9.00. The van der Waals surface area contributed by atoms with Gasteiger partial charge in [0, 0.05) is 11.8 Å². The van der Waals surface area contributed by atoms with E-state index in [4.69, 9.17) is 0 Å². The van der Waals surface area contributed by atoms with Crippen molar-refractivity contribution in [3.8, 4) is 0 Å². The second kappa shape index (κ2) is 4.80. The molecule has 2 fully saturated rings. The van der Waals surface area contributed by atoms with E-state index in [-0.39, 0.29) is 16.7 Å². The van der Waals surface area contributed by atoms with Crippen LogP contribution in [0.5, 0.6) is 0 Å². The van der Waals surface area contributed by atoms with Gasteiger partial charge in [-0.3, -0.25) is 4.79 Å². The number of hydrogen-bond donors (Lipinski definition) is 1. The minimum Gasteiger partial charge on any atom is -0.392 e. The maximum atomic E-state index is 12.8. The van der Waals surface area contributed by atoms with Crippen LogP contribution in [0.15, 0.2) is 24.3 Å². The molecular formula is C20H30O2. The number of carbonyl (C=O) groups excluding carboxylic acids is 1. The summed E-state index contributed by atoms with van der Waals surface area (Å²) in [6.45, 7) is 12.9. The fraction of sp³-hybridized carbons (Fsp3) is 0.750. The highest BCUT2D eigenvalue weighted by atomic mass is 16.3. The molecule has 0 unspecified atom stereocenters. The molecule has 0 radical (unpaired) electrons. The minimum atomic E-state index is -0.463. The van der Waals surface area contributed by atoms with E-state index in [9.17, 15) is 9.90 Å². The van der Waals surface area contributed by atoms with Crippen molar-refractivity contribution in [3.63, 3.8) is 0 Å². The van der Waals surface area contributed by atoms with Crippen LogP contribution >= 0.6 is 0 Å². The molecule has 3 aliphatic rings. The Bertz CT molecular complexity index is 544. The largest absolute Gasteiger partial charge is 0.392 e. The Labute approximate surface area is 134 Å². The lowest BCUT2D eigenvalue weighted by atomic mass is 9.45. The Morgan fingerprint density at radius 1 is 1.27 bits per heavy atom. The summed E-state index contributed by atoms with van der Waals surface area (Å²) < 4.78 is 0. The van der Waals surface area contributed by atoms with Crippen LogP contribution in [0.1, 0.15) is 59.8 Å². The van der Waals surface area contributed by atoms with Crippen molar-refractivity contribution in [1.82, 2.24) is 0 Å². The SMILES string of the molecule is C=C[C@]1(C)C=C2C(=O)C[C@H]3C(C)(C)CCC[C@]3(C)[C@H]2C[C@H]1O. The molecule has 2 nitrogen and oxygen atoms in total. The predicted molar refractivity (Wildman–Crippen MR) is 89.4 cm³/mol. The highest BCUT2D eigenvalue weighted by Crippen LogP contribution is 2.62. The molecule has 0 amide bonds. The molecular weight excluding hydrogens is 272 g/mol. The quantitative estimate of drug-likeness (QED) is 0.734. The van der Waals surface area contributed by atoms with Gasteiger partial charge in [0.25, 0.3) is 0 Å². The maximum absolute atomic E-state index is 12.8. The summed E-state index contributed by atoms with van der Waals surface area (Å²) in [7, 11) is 0. The van der Waals surface area contributed by atoms with Crippen molar-refractivity contribution in [1.29, 1.82) is 0 Å². The topological polar surface area (TPSA) is 37.3 Å². The molecule has 0 aromatic carbocycles. The molecule has 2 saturated carbocycles. The summed E-state index contributed by atoms with van der Waals surface area (Å²) in [5, 5.41) is 10.7. The molecule has 0 spiro atoms. The number of Topliss-reactive ketones (excluding diaryl/α,β-unsaturated/α-hetero) is 1. The van der Waals surface area contributed by atoms with Crippen molar-refractivity contribution < 1.29 is 9.90 Å². The standard InChI is InChI=1S/C20H30O2/c1-6-19(4)12-13-14(10-17(19)22)20(5)9-7-8-18(2,3)16(20)11-15(13)21/h6,12,14,16-17,22H,1,7-11H2,2-5H3/t14-,16-,17+,19+,20+/m0/s1. The lowest BCUT2D eigenvalue weighted by molar-refractivity contribution is -0.133. The van der Waals surface area contributed by atoms with Crippen LogP contribution in [0.3, 0.4) is 0 Å². The van der Waals surface area contributed by atoms with E-state index < -0.39 is 11.5 Å². The maximum Gasteiger partial charge on any atom is 0.159 e. The number of allylic oxidation sites excluding steroid dienone is 1. The van der Waals surface area contributed by atoms with Gasteiger partial charge in [-0.05, 0) is 47.5 Å². The number of ketones is 1. The first-order chi connectivity index (χ1) is 10.1. The van der Waals surface area contributed by atoms with Gasteiger partial charge < -0.3 is 5.11 Å². The van der Waals surface area contributed by atoms with Gasteiger partial charge in [0.2, 0.25) is 0 Å². The third-order valence-electron chi connectivity index (χ3n) is 7.24. The van der Waals surface area contributed by atoms with Gasteiger partial charge in [-0.15, -0.1) is 6.58 Å². The van der Waals surface area contributed by atoms with E-state index in [0.717, 1.165) is 5.57 Å². The van der Waals surface area contributed by atoms with Crippen LogP contribution < -0.4 is 0 Å². The van der Waals surface area contributed by atoms with E-state index in [1.165, 1.54) is 19.3 Å². The van der Waals surface area contributed by atoms with Gasteiger partial charge in [-0.2, -0.15) is 0 Å². The molecule has 122 valence electrons. The molecule has 0 aliphatic heterocycles. The van der Waals surface area contributed by atoms with Crippen LogP contribution in [0.4, 0.5) is 0 Å². The Kier molecular flexibility index (Phi) is 3.49. The van der Waals surface area contributed by atoms with Crippen LogP contribution in [0.2, 0.25) is 0 Å². The molecule has 22 heavy (non-hydrogen) atoms. The Hall–Kier alpha value is -0.890. The van der Waals surface area contributed by atoms with Crippen LogP contribution in [-0.2, 0) is 4.79 Å². The molecule has 0 aromatic heterocycles. The first-order valence-corrected chi connectivity index (χ1v) is 8.72. The predicted octanol–water partition coefficient (Wildman–Crippen LogP) is 4.29. The second-order valence-electron chi connectivity index (χ2n) is 9.00. The molecule has 5 atom stereocenters. The zero-order chi connectivity index (χ0) is 16.3. The third-order valence-corrected chi connectivity index (χ3v) is 7.24. The zero-order valence-electron chi connectivity index (χ0n) is 14.5. The molecule has 3 rings (SSSR count). The van der Waals surface area contributed by atoms with Gasteiger partial charge in [-0.1, -0.05) is 46.3 Å². The first kappa shape index (κ1) is 16.0. The number of fused-ring (bicyclic) bond motifs is 3. The summed E-state index contributed by atoms with van der Waals surface area (Å²) in [5.74, 6) is 0.951. The van der Waals surface area contributed by atoms with E-state index in [2.05, 4.69) is 27.4 Å². The fourth-order valence-corrected chi connectivity index (χ4v) is 5.63. The highest BCUT2D eigenvalue weighted by molar-refractivity contribution is 5.97. The number of aliphatic hydroxyl groups is 1. The molecule has 0 saturated heterocycles. The average molecular weight is 302 g/mol. The van der Waals surface area contributed by atoms with Gasteiger partial charge in [0.15, 0.2) is 5.78 Å². The monoisotopic (exact) mass is 302 g/mol. The minimum absolute atomic E-state index is 0.144. The van der Waals surface area contributed by atoms with Crippen LogP contribution in [-0.4, -0.2) is 17.0 Å². The Morgan fingerprint density at radius 3 is 2.59 bits per heavy atom. The number of rotatable bonds is 1. The summed E-state index contributed by atoms with van der Waals surface area (Å²) >= 11 is 0. The van der Waals surface area contributed by atoms with Gasteiger partial charge >= 0.3 is 0 Å². The van der Waals surface area contributed by atoms with E-state index in [0.29, 0.717) is 24.5 Å². The van der Waals surface area contributed by atoms with Gasteiger partial charge in [-0.25, -0.2) is 0 Å². The zero-order valence-corrected chi connectivity index (χ0v) is 14.5. The molecule has 3 aliphatic carbocycles. The molecule has 0 bridgehead atoms. The molecule has 2 heteroatoms. The smallest absolute Gasteiger partial charge is 0.159 e. The first-order valence-electron chi connectivity index (χ1n) is 8.72. The number of aliphatic hydroxyl groups excluding tert-OH is 1. The van der Waals surface area contributed by atoms with Crippen molar-refractivity contribution in [3.05, 3.63) is 24.3 Å². The van der Waals surface area contributed by atoms with Gasteiger partial charge in [0.1, 0.15) is 0 Å². The fourth-order valence-electron chi connectivity index (χ4n) is 5.63.